The summed E-state index contributed by atoms with van der Waals surface area (Å²) in [5, 5.41) is 8.92. The average molecular weight is 246 g/mol. The van der Waals surface area contributed by atoms with E-state index in [9.17, 15) is 4.39 Å². The number of aliphatic hydroxyl groups is 1. The van der Waals surface area contributed by atoms with Gasteiger partial charge in [0.15, 0.2) is 0 Å². The molecule has 0 atom stereocenters. The smallest absolute Gasteiger partial charge is 0.123 e. The number of hydrogen-bond donors (Lipinski definition) is 1. The van der Waals surface area contributed by atoms with Gasteiger partial charge in [-0.3, -0.25) is 0 Å². The van der Waals surface area contributed by atoms with Crippen LogP contribution in [0.1, 0.15) is 11.1 Å². The number of rotatable bonds is 5. The van der Waals surface area contributed by atoms with E-state index in [4.69, 9.17) is 9.84 Å². The molecule has 0 radical (unpaired) electrons. The highest BCUT2D eigenvalue weighted by atomic mass is 19.1. The Morgan fingerprint density at radius 3 is 2.11 bits per heavy atom. The highest BCUT2D eigenvalue weighted by molar-refractivity contribution is 5.24. The molecule has 1 N–H and O–H groups in total. The van der Waals surface area contributed by atoms with Crippen LogP contribution in [0, 0.1) is 5.82 Å². The Kier molecular flexibility index (Phi) is 4.31. The zero-order chi connectivity index (χ0) is 12.8. The molecule has 0 saturated carbocycles. The molecule has 94 valence electrons. The highest BCUT2D eigenvalue weighted by Gasteiger charge is 1.97. The third-order valence-corrected chi connectivity index (χ3v) is 2.68. The minimum absolute atomic E-state index is 0.0619. The lowest BCUT2D eigenvalue weighted by molar-refractivity contribution is 0.282. The molecule has 2 aromatic rings. The Bertz CT molecular complexity index is 477. The van der Waals surface area contributed by atoms with Gasteiger partial charge in [0.2, 0.25) is 0 Å². The van der Waals surface area contributed by atoms with Crippen LogP contribution in [0.15, 0.2) is 48.5 Å². The molecule has 0 fully saturated rings. The predicted molar refractivity (Wildman–Crippen MR) is 68.0 cm³/mol. The molecule has 0 amide bonds. The molecule has 0 saturated heterocycles. The van der Waals surface area contributed by atoms with Crippen LogP contribution in [-0.4, -0.2) is 11.7 Å². The maximum absolute atomic E-state index is 12.7. The average Bonchev–Trinajstić information content (AvgIpc) is 2.42. The third-order valence-electron chi connectivity index (χ3n) is 2.68. The Morgan fingerprint density at radius 1 is 0.889 bits per heavy atom. The van der Waals surface area contributed by atoms with Crippen LogP contribution < -0.4 is 4.74 Å². The number of hydrogen-bond acceptors (Lipinski definition) is 2. The standard InChI is InChI=1S/C15H15FO2/c16-14-5-7-15(8-6-14)18-10-9-12-1-3-13(11-17)4-2-12/h1-8,17H,9-11H2. The molecule has 2 aromatic carbocycles. The van der Waals surface area contributed by atoms with Crippen molar-refractivity contribution in [2.75, 3.05) is 6.61 Å². The molecule has 2 nitrogen and oxygen atoms in total. The van der Waals surface area contributed by atoms with Crippen LogP contribution in [0.5, 0.6) is 5.75 Å². The van der Waals surface area contributed by atoms with Crippen molar-refractivity contribution in [3.63, 3.8) is 0 Å². The number of benzene rings is 2. The van der Waals surface area contributed by atoms with Crippen molar-refractivity contribution in [2.24, 2.45) is 0 Å². The van der Waals surface area contributed by atoms with Crippen molar-refractivity contribution in [1.29, 1.82) is 0 Å². The summed E-state index contributed by atoms with van der Waals surface area (Å²) >= 11 is 0. The molecule has 0 unspecified atom stereocenters. The summed E-state index contributed by atoms with van der Waals surface area (Å²) in [6.45, 7) is 0.608. The molecule has 0 aliphatic rings. The molecule has 0 aliphatic heterocycles. The Labute approximate surface area is 106 Å². The van der Waals surface area contributed by atoms with Crippen molar-refractivity contribution in [3.8, 4) is 5.75 Å². The van der Waals surface area contributed by atoms with E-state index in [0.29, 0.717) is 12.4 Å². The Morgan fingerprint density at radius 2 is 1.50 bits per heavy atom. The predicted octanol–water partition coefficient (Wildman–Crippen LogP) is 2.94. The lowest BCUT2D eigenvalue weighted by Gasteiger charge is -2.06. The van der Waals surface area contributed by atoms with Gasteiger partial charge in [-0.05, 0) is 35.4 Å². The number of halogens is 1. The normalized spacial score (nSPS) is 10.3. The highest BCUT2D eigenvalue weighted by Crippen LogP contribution is 2.12. The summed E-state index contributed by atoms with van der Waals surface area (Å²) in [6, 6.07) is 13.7. The summed E-state index contributed by atoms with van der Waals surface area (Å²) in [5.74, 6) is 0.408. The summed E-state index contributed by atoms with van der Waals surface area (Å²) in [4.78, 5) is 0. The van der Waals surface area contributed by atoms with E-state index in [1.165, 1.54) is 12.1 Å². The van der Waals surface area contributed by atoms with Crippen LogP contribution in [0.2, 0.25) is 0 Å². The SMILES string of the molecule is OCc1ccc(CCOc2ccc(F)cc2)cc1. The summed E-state index contributed by atoms with van der Waals surface area (Å²) in [5.41, 5.74) is 2.05. The summed E-state index contributed by atoms with van der Waals surface area (Å²) in [6.07, 6.45) is 0.781. The molecule has 0 spiro atoms. The molecule has 2 rings (SSSR count). The number of aliphatic hydroxyl groups excluding tert-OH is 1. The van der Waals surface area contributed by atoms with Crippen molar-refractivity contribution < 1.29 is 14.2 Å². The molecule has 0 aliphatic carbocycles. The second kappa shape index (κ2) is 6.17. The van der Waals surface area contributed by atoms with Crippen molar-refractivity contribution in [3.05, 3.63) is 65.5 Å². The van der Waals surface area contributed by atoms with Crippen molar-refractivity contribution in [2.45, 2.75) is 13.0 Å². The van der Waals surface area contributed by atoms with Gasteiger partial charge in [0.1, 0.15) is 11.6 Å². The van der Waals surface area contributed by atoms with E-state index in [0.717, 1.165) is 17.5 Å². The fourth-order valence-electron chi connectivity index (χ4n) is 1.63. The summed E-state index contributed by atoms with van der Waals surface area (Å²) < 4.78 is 18.2. The van der Waals surface area contributed by atoms with E-state index in [1.54, 1.807) is 12.1 Å². The van der Waals surface area contributed by atoms with Crippen LogP contribution in [0.25, 0.3) is 0 Å². The fourth-order valence-corrected chi connectivity index (χ4v) is 1.63. The molecule has 18 heavy (non-hydrogen) atoms. The van der Waals surface area contributed by atoms with Gasteiger partial charge >= 0.3 is 0 Å². The van der Waals surface area contributed by atoms with Gasteiger partial charge in [-0.25, -0.2) is 4.39 Å². The first-order chi connectivity index (χ1) is 8.78. The minimum Gasteiger partial charge on any atom is -0.493 e. The van der Waals surface area contributed by atoms with Gasteiger partial charge in [-0.2, -0.15) is 0 Å². The van der Waals surface area contributed by atoms with Crippen LogP contribution in [-0.2, 0) is 13.0 Å². The van der Waals surface area contributed by atoms with Crippen LogP contribution >= 0.6 is 0 Å². The van der Waals surface area contributed by atoms with E-state index < -0.39 is 0 Å². The molecule has 0 bridgehead atoms. The first-order valence-electron chi connectivity index (χ1n) is 5.85. The minimum atomic E-state index is -0.262. The van der Waals surface area contributed by atoms with Gasteiger partial charge in [0.25, 0.3) is 0 Å². The third kappa shape index (κ3) is 3.57. The van der Waals surface area contributed by atoms with Gasteiger partial charge in [-0.15, -0.1) is 0 Å². The zero-order valence-corrected chi connectivity index (χ0v) is 9.97. The zero-order valence-electron chi connectivity index (χ0n) is 9.97. The molecule has 0 aromatic heterocycles. The molecular formula is C15H15FO2. The van der Waals surface area contributed by atoms with E-state index in [2.05, 4.69) is 0 Å². The Hall–Kier alpha value is -1.87. The first-order valence-corrected chi connectivity index (χ1v) is 5.85. The maximum Gasteiger partial charge on any atom is 0.123 e. The lowest BCUT2D eigenvalue weighted by Crippen LogP contribution is -2.01. The van der Waals surface area contributed by atoms with Crippen LogP contribution in [0.4, 0.5) is 4.39 Å². The van der Waals surface area contributed by atoms with E-state index in [1.807, 2.05) is 24.3 Å². The molecular weight excluding hydrogens is 231 g/mol. The van der Waals surface area contributed by atoms with Gasteiger partial charge < -0.3 is 9.84 Å². The molecule has 3 heteroatoms. The van der Waals surface area contributed by atoms with E-state index >= 15 is 0 Å². The topological polar surface area (TPSA) is 29.5 Å². The fraction of sp³-hybridized carbons (Fsp3) is 0.200. The lowest BCUT2D eigenvalue weighted by atomic mass is 10.1. The van der Waals surface area contributed by atoms with Crippen molar-refractivity contribution >= 4 is 0 Å². The van der Waals surface area contributed by atoms with Gasteiger partial charge in [0.05, 0.1) is 13.2 Å². The number of ether oxygens (including phenoxy) is 1. The maximum atomic E-state index is 12.7. The van der Waals surface area contributed by atoms with Gasteiger partial charge in [-0.1, -0.05) is 24.3 Å². The van der Waals surface area contributed by atoms with Crippen LogP contribution in [0.3, 0.4) is 0 Å². The molecule has 0 heterocycles. The second-order valence-electron chi connectivity index (χ2n) is 4.03. The largest absolute Gasteiger partial charge is 0.493 e. The van der Waals surface area contributed by atoms with Crippen molar-refractivity contribution in [1.82, 2.24) is 0 Å². The Balaban J connectivity index is 1.82. The monoisotopic (exact) mass is 246 g/mol. The van der Waals surface area contributed by atoms with E-state index in [-0.39, 0.29) is 12.4 Å². The summed E-state index contributed by atoms with van der Waals surface area (Å²) in [7, 11) is 0. The van der Waals surface area contributed by atoms with Gasteiger partial charge in [0, 0.05) is 6.42 Å². The second-order valence-corrected chi connectivity index (χ2v) is 4.03. The quantitative estimate of drug-likeness (QED) is 0.879. The first kappa shape index (κ1) is 12.6.